The molecule has 146 valence electrons. The summed E-state index contributed by atoms with van der Waals surface area (Å²) in [6.45, 7) is 0.641. The highest BCUT2D eigenvalue weighted by molar-refractivity contribution is 6.03. The summed E-state index contributed by atoms with van der Waals surface area (Å²) in [6, 6.07) is 20.8. The number of nitrogens with zero attached hydrogens (tertiary/aromatic N) is 5. The molecule has 0 aliphatic rings. The maximum absolute atomic E-state index is 12.9. The Morgan fingerprint density at radius 1 is 0.800 bits per heavy atom. The fraction of sp³-hybridized carbons (Fsp3) is 0.0870. The van der Waals surface area contributed by atoms with E-state index in [0.717, 1.165) is 28.7 Å². The molecular weight excluding hydrogens is 376 g/mol. The van der Waals surface area contributed by atoms with Gasteiger partial charge in [-0.3, -0.25) is 20.1 Å². The smallest absolute Gasteiger partial charge is 0.276 e. The molecule has 7 nitrogen and oxygen atoms in total. The van der Waals surface area contributed by atoms with Gasteiger partial charge in [0.15, 0.2) is 0 Å². The van der Waals surface area contributed by atoms with Crippen molar-refractivity contribution in [1.82, 2.24) is 24.5 Å². The Morgan fingerprint density at radius 2 is 1.63 bits per heavy atom. The van der Waals surface area contributed by atoms with Gasteiger partial charge in [-0.2, -0.15) is 0 Å². The number of carbonyl (C=O) groups excluding carboxylic acids is 1. The number of carbonyl (C=O) groups is 1. The van der Waals surface area contributed by atoms with E-state index in [1.165, 1.54) is 0 Å². The van der Waals surface area contributed by atoms with Crippen LogP contribution in [0.2, 0.25) is 0 Å². The molecule has 0 bridgehead atoms. The van der Waals surface area contributed by atoms with Gasteiger partial charge in [0, 0.05) is 31.1 Å². The third kappa shape index (κ3) is 3.48. The van der Waals surface area contributed by atoms with Gasteiger partial charge in [-0.05, 0) is 48.5 Å². The molecule has 0 saturated carbocycles. The highest BCUT2D eigenvalue weighted by Crippen LogP contribution is 2.21. The summed E-state index contributed by atoms with van der Waals surface area (Å²) >= 11 is 0. The summed E-state index contributed by atoms with van der Waals surface area (Å²) in [4.78, 5) is 30.6. The van der Waals surface area contributed by atoms with Crippen LogP contribution in [0.15, 0.2) is 79.1 Å². The molecule has 0 fully saturated rings. The van der Waals surface area contributed by atoms with E-state index in [0.29, 0.717) is 23.7 Å². The predicted molar refractivity (Wildman–Crippen MR) is 115 cm³/mol. The van der Waals surface area contributed by atoms with Gasteiger partial charge in [0.05, 0.1) is 22.1 Å². The predicted octanol–water partition coefficient (Wildman–Crippen LogP) is 3.87. The quantitative estimate of drug-likeness (QED) is 0.489. The van der Waals surface area contributed by atoms with Crippen molar-refractivity contribution >= 4 is 33.9 Å². The van der Waals surface area contributed by atoms with Crippen molar-refractivity contribution in [2.24, 2.45) is 0 Å². The van der Waals surface area contributed by atoms with Crippen LogP contribution in [0.4, 0.5) is 5.95 Å². The van der Waals surface area contributed by atoms with E-state index in [-0.39, 0.29) is 5.91 Å². The van der Waals surface area contributed by atoms with Crippen molar-refractivity contribution in [3.8, 4) is 0 Å². The summed E-state index contributed by atoms with van der Waals surface area (Å²) in [7, 11) is 0. The zero-order valence-corrected chi connectivity index (χ0v) is 16.1. The highest BCUT2D eigenvalue weighted by Gasteiger charge is 2.16. The molecule has 0 aliphatic carbocycles. The normalized spacial score (nSPS) is 11.1. The first-order valence-electron chi connectivity index (χ1n) is 9.66. The van der Waals surface area contributed by atoms with E-state index in [1.54, 1.807) is 30.6 Å². The minimum absolute atomic E-state index is 0.310. The lowest BCUT2D eigenvalue weighted by Crippen LogP contribution is -2.18. The first-order chi connectivity index (χ1) is 14.8. The van der Waals surface area contributed by atoms with E-state index in [1.807, 2.05) is 53.1 Å². The largest absolute Gasteiger partial charge is 0.310 e. The topological polar surface area (TPSA) is 85.6 Å². The highest BCUT2D eigenvalue weighted by atomic mass is 16.2. The molecule has 0 aliphatic heterocycles. The molecule has 1 N–H and O–H groups in total. The number of benzene rings is 1. The van der Waals surface area contributed by atoms with Crippen LogP contribution in [-0.2, 0) is 13.0 Å². The number of rotatable bonds is 5. The van der Waals surface area contributed by atoms with Crippen molar-refractivity contribution in [1.29, 1.82) is 0 Å². The third-order valence-corrected chi connectivity index (χ3v) is 4.89. The van der Waals surface area contributed by atoms with Crippen molar-refractivity contribution in [3.05, 3.63) is 90.5 Å². The molecular formula is C23H18N6O. The van der Waals surface area contributed by atoms with E-state index < -0.39 is 0 Å². The van der Waals surface area contributed by atoms with E-state index in [2.05, 4.69) is 25.3 Å². The van der Waals surface area contributed by atoms with E-state index in [9.17, 15) is 4.79 Å². The number of aryl methyl sites for hydroxylation is 2. The Kier molecular flexibility index (Phi) is 4.61. The number of amides is 1. The second-order valence-corrected chi connectivity index (χ2v) is 6.84. The number of pyridine rings is 3. The number of nitrogens with one attached hydrogen (secondary N) is 1. The molecule has 1 aromatic carbocycles. The van der Waals surface area contributed by atoms with Crippen molar-refractivity contribution in [3.63, 3.8) is 0 Å². The average molecular weight is 394 g/mol. The molecule has 30 heavy (non-hydrogen) atoms. The molecule has 0 atom stereocenters. The second kappa shape index (κ2) is 7.71. The van der Waals surface area contributed by atoms with Crippen LogP contribution < -0.4 is 5.32 Å². The lowest BCUT2D eigenvalue weighted by molar-refractivity contribution is 0.102. The Balaban J connectivity index is 1.46. The molecule has 0 saturated heterocycles. The summed E-state index contributed by atoms with van der Waals surface area (Å²) in [5.41, 5.74) is 4.50. The summed E-state index contributed by atoms with van der Waals surface area (Å²) in [5.74, 6) is 0.181. The fourth-order valence-corrected chi connectivity index (χ4v) is 3.42. The van der Waals surface area contributed by atoms with Gasteiger partial charge >= 0.3 is 0 Å². The standard InChI is InChI=1S/C23H18N6O/c30-22(20-11-10-17-18(26-20)8-5-14-25-17)28-23-27-19-7-1-2-9-21(19)29(23)15-12-16-6-3-4-13-24-16/h1-11,13-14H,12,15H2,(H,27,28,30). The van der Waals surface area contributed by atoms with Gasteiger partial charge in [0.25, 0.3) is 5.91 Å². The minimum atomic E-state index is -0.310. The molecule has 0 radical (unpaired) electrons. The molecule has 7 heteroatoms. The minimum Gasteiger partial charge on any atom is -0.310 e. The van der Waals surface area contributed by atoms with Crippen molar-refractivity contribution in [2.75, 3.05) is 5.32 Å². The summed E-state index contributed by atoms with van der Waals surface area (Å²) in [5, 5.41) is 2.93. The Hall–Kier alpha value is -4.13. The number of para-hydroxylation sites is 2. The zero-order chi connectivity index (χ0) is 20.3. The number of anilines is 1. The zero-order valence-electron chi connectivity index (χ0n) is 16.1. The number of aromatic nitrogens is 5. The first-order valence-corrected chi connectivity index (χ1v) is 9.66. The SMILES string of the molecule is O=C(Nc1nc2ccccc2n1CCc1ccccn1)c1ccc2ncccc2n1. The van der Waals surface area contributed by atoms with Crippen LogP contribution in [0.25, 0.3) is 22.1 Å². The summed E-state index contributed by atoms with van der Waals surface area (Å²) in [6.07, 6.45) is 4.21. The van der Waals surface area contributed by atoms with Gasteiger partial charge in [0.1, 0.15) is 5.69 Å². The van der Waals surface area contributed by atoms with Gasteiger partial charge in [-0.1, -0.05) is 18.2 Å². The number of hydrogen-bond acceptors (Lipinski definition) is 5. The molecule has 0 unspecified atom stereocenters. The van der Waals surface area contributed by atoms with Gasteiger partial charge in [0.2, 0.25) is 5.95 Å². The maximum Gasteiger partial charge on any atom is 0.276 e. The first kappa shape index (κ1) is 17.9. The lowest BCUT2D eigenvalue weighted by atomic mass is 10.2. The van der Waals surface area contributed by atoms with Gasteiger partial charge in [-0.25, -0.2) is 9.97 Å². The number of hydrogen-bond donors (Lipinski definition) is 1. The average Bonchev–Trinajstić information content (AvgIpc) is 3.15. The number of imidazole rings is 1. The molecule has 4 heterocycles. The third-order valence-electron chi connectivity index (χ3n) is 4.89. The molecule has 5 rings (SSSR count). The lowest BCUT2D eigenvalue weighted by Gasteiger charge is -2.10. The van der Waals surface area contributed by atoms with Crippen LogP contribution >= 0.6 is 0 Å². The van der Waals surface area contributed by atoms with Crippen molar-refractivity contribution < 1.29 is 4.79 Å². The Labute approximate surface area is 172 Å². The van der Waals surface area contributed by atoms with Crippen LogP contribution in [0.5, 0.6) is 0 Å². The van der Waals surface area contributed by atoms with Gasteiger partial charge in [-0.15, -0.1) is 0 Å². The Morgan fingerprint density at radius 3 is 2.53 bits per heavy atom. The summed E-state index contributed by atoms with van der Waals surface area (Å²) < 4.78 is 2.00. The molecule has 5 aromatic rings. The van der Waals surface area contributed by atoms with Gasteiger partial charge < -0.3 is 4.57 Å². The molecule has 1 amide bonds. The fourth-order valence-electron chi connectivity index (χ4n) is 3.42. The van der Waals surface area contributed by atoms with Crippen LogP contribution in [0.1, 0.15) is 16.2 Å². The van der Waals surface area contributed by atoms with E-state index in [4.69, 9.17) is 0 Å². The van der Waals surface area contributed by atoms with Crippen LogP contribution in [-0.4, -0.2) is 30.4 Å². The van der Waals surface area contributed by atoms with Crippen molar-refractivity contribution in [2.45, 2.75) is 13.0 Å². The molecule has 4 aromatic heterocycles. The molecule has 0 spiro atoms. The monoisotopic (exact) mass is 394 g/mol. The maximum atomic E-state index is 12.9. The van der Waals surface area contributed by atoms with E-state index >= 15 is 0 Å². The second-order valence-electron chi connectivity index (χ2n) is 6.84. The van der Waals surface area contributed by atoms with Crippen LogP contribution in [0, 0.1) is 0 Å². The number of fused-ring (bicyclic) bond motifs is 2. The van der Waals surface area contributed by atoms with Crippen LogP contribution in [0.3, 0.4) is 0 Å². The Bertz CT molecular complexity index is 1350.